The van der Waals surface area contributed by atoms with E-state index in [4.69, 9.17) is 21.1 Å². The lowest BCUT2D eigenvalue weighted by atomic mass is 9.92. The molecular formula is C18H23ClN4O4S2. The molecule has 1 atom stereocenters. The molecule has 2 rings (SSSR count). The fourth-order valence-corrected chi connectivity index (χ4v) is 4.13. The molecule has 1 unspecified atom stereocenters. The maximum absolute atomic E-state index is 12.4. The molecule has 1 aromatic heterocycles. The number of nitrogens with zero attached hydrogens (tertiary/aromatic N) is 3. The molecular weight excluding hydrogens is 436 g/mol. The zero-order chi connectivity index (χ0) is 21.7. The molecule has 0 fully saturated rings. The van der Waals surface area contributed by atoms with E-state index in [1.165, 1.54) is 44.3 Å². The van der Waals surface area contributed by atoms with E-state index >= 15 is 0 Å². The van der Waals surface area contributed by atoms with Crippen LogP contribution in [0.3, 0.4) is 0 Å². The summed E-state index contributed by atoms with van der Waals surface area (Å²) in [5.41, 5.74) is -0.269. The number of halogens is 1. The monoisotopic (exact) mass is 458 g/mol. The van der Waals surface area contributed by atoms with E-state index in [-0.39, 0.29) is 15.6 Å². The minimum absolute atomic E-state index is 0.0305. The fourth-order valence-electron chi connectivity index (χ4n) is 2.04. The molecule has 0 aliphatic rings. The molecule has 29 heavy (non-hydrogen) atoms. The maximum atomic E-state index is 12.4. The average molecular weight is 459 g/mol. The number of benzene rings is 1. The molecule has 8 nitrogen and oxygen atoms in total. The molecule has 2 aromatic rings. The van der Waals surface area contributed by atoms with Gasteiger partial charge in [0, 0.05) is 11.2 Å². The van der Waals surface area contributed by atoms with Crippen LogP contribution >= 0.6 is 23.4 Å². The Morgan fingerprint density at radius 2 is 1.79 bits per heavy atom. The van der Waals surface area contributed by atoms with Crippen molar-refractivity contribution in [2.24, 2.45) is 10.5 Å². The molecule has 0 radical (unpaired) electrons. The van der Waals surface area contributed by atoms with Crippen LogP contribution in [-0.4, -0.2) is 44.1 Å². The first-order chi connectivity index (χ1) is 13.5. The van der Waals surface area contributed by atoms with Gasteiger partial charge in [-0.1, -0.05) is 50.2 Å². The van der Waals surface area contributed by atoms with Gasteiger partial charge in [-0.2, -0.15) is 23.5 Å². The summed E-state index contributed by atoms with van der Waals surface area (Å²) >= 11 is 7.18. The lowest BCUT2D eigenvalue weighted by Gasteiger charge is -2.26. The van der Waals surface area contributed by atoms with Crippen LogP contribution in [0.1, 0.15) is 20.8 Å². The number of aromatic nitrogens is 2. The number of methoxy groups -OCH3 is 2. The van der Waals surface area contributed by atoms with Crippen LogP contribution in [0.25, 0.3) is 0 Å². The predicted molar refractivity (Wildman–Crippen MR) is 115 cm³/mol. The minimum Gasteiger partial charge on any atom is -0.481 e. The van der Waals surface area contributed by atoms with E-state index in [1.54, 1.807) is 18.2 Å². The van der Waals surface area contributed by atoms with Crippen molar-refractivity contribution in [1.82, 2.24) is 14.8 Å². The number of nitrogens with one attached hydrogen (secondary N) is 1. The van der Waals surface area contributed by atoms with Gasteiger partial charge in [0.15, 0.2) is 5.16 Å². The van der Waals surface area contributed by atoms with Crippen molar-refractivity contribution in [3.8, 4) is 11.8 Å². The minimum atomic E-state index is -3.83. The van der Waals surface area contributed by atoms with E-state index in [0.717, 1.165) is 0 Å². The van der Waals surface area contributed by atoms with Gasteiger partial charge in [-0.05, 0) is 23.6 Å². The first-order valence-corrected chi connectivity index (χ1v) is 11.2. The Hall–Kier alpha value is -2.04. The largest absolute Gasteiger partial charge is 0.481 e. The van der Waals surface area contributed by atoms with E-state index in [2.05, 4.69) is 19.9 Å². The number of hydrogen-bond donors (Lipinski definition) is 1. The van der Waals surface area contributed by atoms with Gasteiger partial charge in [0.25, 0.3) is 10.0 Å². The van der Waals surface area contributed by atoms with Crippen LogP contribution < -0.4 is 14.3 Å². The van der Waals surface area contributed by atoms with Crippen LogP contribution in [0.4, 0.5) is 0 Å². The third-order valence-corrected chi connectivity index (χ3v) is 6.58. The predicted octanol–water partition coefficient (Wildman–Crippen LogP) is 3.62. The maximum Gasteiger partial charge on any atom is 0.276 e. The fraction of sp³-hybridized carbons (Fsp3) is 0.389. The summed E-state index contributed by atoms with van der Waals surface area (Å²) < 4.78 is 35.1. The molecule has 0 aliphatic heterocycles. The Balaban J connectivity index is 2.21. The molecule has 1 aromatic carbocycles. The lowest BCUT2D eigenvalue weighted by Crippen LogP contribution is -2.27. The van der Waals surface area contributed by atoms with Crippen LogP contribution in [0.2, 0.25) is 5.02 Å². The molecule has 0 saturated heterocycles. The molecule has 0 saturated carbocycles. The van der Waals surface area contributed by atoms with Gasteiger partial charge in [0.1, 0.15) is 0 Å². The number of sulfonamides is 1. The Morgan fingerprint density at radius 3 is 2.31 bits per heavy atom. The smallest absolute Gasteiger partial charge is 0.276 e. The summed E-state index contributed by atoms with van der Waals surface area (Å²) in [6.45, 7) is 6.00. The second-order valence-electron chi connectivity index (χ2n) is 6.97. The molecule has 0 spiro atoms. The van der Waals surface area contributed by atoms with Crippen LogP contribution in [-0.2, 0) is 10.0 Å². The number of rotatable bonds is 8. The molecule has 0 amide bonds. The van der Waals surface area contributed by atoms with Crippen LogP contribution in [0, 0.1) is 5.41 Å². The molecule has 11 heteroatoms. The van der Waals surface area contributed by atoms with Crippen molar-refractivity contribution < 1.29 is 17.9 Å². The Kier molecular flexibility index (Phi) is 7.73. The van der Waals surface area contributed by atoms with Gasteiger partial charge in [-0.15, -0.1) is 0 Å². The van der Waals surface area contributed by atoms with Gasteiger partial charge in [0.2, 0.25) is 11.8 Å². The number of thioether (sulfide) groups is 1. The topological polar surface area (TPSA) is 103 Å². The highest BCUT2D eigenvalue weighted by atomic mass is 35.5. The average Bonchev–Trinajstić information content (AvgIpc) is 2.66. The number of hydrogen-bond acceptors (Lipinski definition) is 8. The van der Waals surface area contributed by atoms with Crippen molar-refractivity contribution in [2.45, 2.75) is 36.1 Å². The highest BCUT2D eigenvalue weighted by Crippen LogP contribution is 2.34. The van der Waals surface area contributed by atoms with Crippen molar-refractivity contribution >= 4 is 39.6 Å². The van der Waals surface area contributed by atoms with Crippen molar-refractivity contribution in [3.05, 3.63) is 35.4 Å². The number of hydrazone groups is 1. The second-order valence-corrected chi connectivity index (χ2v) is 10.2. The standard InChI is InChI=1S/C18H23ClN4O4S2/c1-18(2,3)14(28-17-21-15(26-4)10-16(22-17)27-5)11-20-23-29(24,25)13-8-6-7-12(19)9-13/h6-11,14,23H,1-5H3. The molecule has 1 N–H and O–H groups in total. The van der Waals surface area contributed by atoms with E-state index in [1.807, 2.05) is 20.8 Å². The van der Waals surface area contributed by atoms with Gasteiger partial charge < -0.3 is 9.47 Å². The quantitative estimate of drug-likeness (QED) is 0.279. The Bertz CT molecular complexity index is 956. The summed E-state index contributed by atoms with van der Waals surface area (Å²) in [5, 5.41) is 4.45. The van der Waals surface area contributed by atoms with Gasteiger partial charge in [-0.3, -0.25) is 0 Å². The molecule has 0 aliphatic carbocycles. The summed E-state index contributed by atoms with van der Waals surface area (Å²) in [6, 6.07) is 7.52. The van der Waals surface area contributed by atoms with Crippen LogP contribution in [0.15, 0.2) is 45.5 Å². The molecule has 158 valence electrons. The third-order valence-electron chi connectivity index (χ3n) is 3.65. The summed E-state index contributed by atoms with van der Waals surface area (Å²) in [5.74, 6) is 0.733. The molecule has 0 bridgehead atoms. The molecule has 1 heterocycles. The zero-order valence-corrected chi connectivity index (χ0v) is 19.1. The normalized spacial score (nSPS) is 13.3. The highest BCUT2D eigenvalue weighted by Gasteiger charge is 2.26. The summed E-state index contributed by atoms with van der Waals surface area (Å²) in [7, 11) is -0.824. The van der Waals surface area contributed by atoms with Crippen LogP contribution in [0.5, 0.6) is 11.8 Å². The van der Waals surface area contributed by atoms with Crippen molar-refractivity contribution in [1.29, 1.82) is 0 Å². The van der Waals surface area contributed by atoms with Gasteiger partial charge >= 0.3 is 0 Å². The van der Waals surface area contributed by atoms with Crippen molar-refractivity contribution in [2.75, 3.05) is 14.2 Å². The SMILES string of the molecule is COc1cc(OC)nc(SC(C=NNS(=O)(=O)c2cccc(Cl)c2)C(C)(C)C)n1. The third kappa shape index (κ3) is 6.76. The lowest BCUT2D eigenvalue weighted by molar-refractivity contribution is 0.364. The zero-order valence-electron chi connectivity index (χ0n) is 16.7. The van der Waals surface area contributed by atoms with E-state index in [0.29, 0.717) is 21.9 Å². The first kappa shape index (κ1) is 23.2. The number of ether oxygens (including phenoxy) is 2. The Labute approximate surface area is 180 Å². The van der Waals surface area contributed by atoms with Crippen molar-refractivity contribution in [3.63, 3.8) is 0 Å². The van der Waals surface area contributed by atoms with E-state index in [9.17, 15) is 8.42 Å². The first-order valence-electron chi connectivity index (χ1n) is 8.49. The van der Waals surface area contributed by atoms with Gasteiger partial charge in [-0.25, -0.2) is 4.83 Å². The second kappa shape index (κ2) is 9.64. The Morgan fingerprint density at radius 1 is 1.17 bits per heavy atom. The summed E-state index contributed by atoms with van der Waals surface area (Å²) in [4.78, 5) is 10.8. The highest BCUT2D eigenvalue weighted by molar-refractivity contribution is 8.00. The van der Waals surface area contributed by atoms with Gasteiger partial charge in [0.05, 0.1) is 30.4 Å². The van der Waals surface area contributed by atoms with E-state index < -0.39 is 10.0 Å². The summed E-state index contributed by atoms with van der Waals surface area (Å²) in [6.07, 6.45) is 1.52.